The fourth-order valence-electron chi connectivity index (χ4n) is 2.94. The second-order valence-electron chi connectivity index (χ2n) is 5.85. The molecule has 2 saturated carbocycles. The van der Waals surface area contributed by atoms with Crippen LogP contribution in [-0.4, -0.2) is 20.2 Å². The minimum atomic E-state index is -0.369. The van der Waals surface area contributed by atoms with Crippen LogP contribution in [0.15, 0.2) is 18.2 Å². The number of nitrogens with zero attached hydrogens (tertiary/aromatic N) is 4. The summed E-state index contributed by atoms with van der Waals surface area (Å²) in [6.07, 6.45) is 4.91. The van der Waals surface area contributed by atoms with Crippen LogP contribution in [0.3, 0.4) is 0 Å². The number of nitrogen functional groups attached to an aromatic ring is 1. The first-order valence-electron chi connectivity index (χ1n) is 7.07. The summed E-state index contributed by atoms with van der Waals surface area (Å²) in [5, 5.41) is 11.9. The van der Waals surface area contributed by atoms with Gasteiger partial charge in [0, 0.05) is 5.69 Å². The first-order chi connectivity index (χ1) is 9.74. The fraction of sp³-hybridized carbons (Fsp3) is 0.500. The van der Waals surface area contributed by atoms with E-state index < -0.39 is 0 Å². The van der Waals surface area contributed by atoms with Gasteiger partial charge in [0.05, 0.1) is 11.6 Å². The number of aromatic nitrogens is 4. The summed E-state index contributed by atoms with van der Waals surface area (Å²) in [6, 6.07) is 4.99. The highest BCUT2D eigenvalue weighted by atomic mass is 19.1. The highest BCUT2D eigenvalue weighted by Crippen LogP contribution is 2.52. The molecule has 0 atom stereocenters. The van der Waals surface area contributed by atoms with Crippen LogP contribution in [0.4, 0.5) is 10.1 Å². The predicted octanol–water partition coefficient (Wildman–Crippen LogP) is 2.42. The molecule has 2 aliphatic rings. The largest absolute Gasteiger partial charge is 0.399 e. The number of anilines is 1. The van der Waals surface area contributed by atoms with Crippen molar-refractivity contribution < 1.29 is 4.39 Å². The Morgan fingerprint density at radius 3 is 2.50 bits per heavy atom. The first-order valence-corrected chi connectivity index (χ1v) is 7.07. The summed E-state index contributed by atoms with van der Waals surface area (Å²) in [6.45, 7) is 0. The van der Waals surface area contributed by atoms with E-state index in [9.17, 15) is 4.39 Å². The molecule has 2 N–H and O–H groups in total. The van der Waals surface area contributed by atoms with Crippen LogP contribution >= 0.6 is 0 Å². The maximum Gasteiger partial charge on any atom is 0.185 e. The Kier molecular flexibility index (Phi) is 2.52. The Balaban J connectivity index is 1.77. The number of hydrogen-bond acceptors (Lipinski definition) is 4. The number of rotatable bonds is 4. The second kappa shape index (κ2) is 4.26. The number of benzene rings is 1. The predicted molar refractivity (Wildman–Crippen MR) is 72.1 cm³/mol. The summed E-state index contributed by atoms with van der Waals surface area (Å²) in [4.78, 5) is 0. The molecule has 0 radical (unpaired) electrons. The average Bonchev–Trinajstić information content (AvgIpc) is 3.31. The zero-order valence-electron chi connectivity index (χ0n) is 11.0. The van der Waals surface area contributed by atoms with E-state index in [0.717, 1.165) is 0 Å². The molecule has 1 aromatic heterocycles. The first kappa shape index (κ1) is 11.8. The van der Waals surface area contributed by atoms with Gasteiger partial charge in [-0.15, -0.1) is 5.10 Å². The van der Waals surface area contributed by atoms with Gasteiger partial charge >= 0.3 is 0 Å². The smallest absolute Gasteiger partial charge is 0.185 e. The van der Waals surface area contributed by atoms with Crippen LogP contribution in [0, 0.1) is 17.7 Å². The molecule has 20 heavy (non-hydrogen) atoms. The van der Waals surface area contributed by atoms with E-state index in [0.29, 0.717) is 35.0 Å². The topological polar surface area (TPSA) is 69.6 Å². The lowest BCUT2D eigenvalue weighted by Gasteiger charge is -2.17. The summed E-state index contributed by atoms with van der Waals surface area (Å²) >= 11 is 0. The van der Waals surface area contributed by atoms with E-state index in [1.54, 1.807) is 12.1 Å². The Hall–Kier alpha value is -1.98. The number of tetrazole rings is 1. The van der Waals surface area contributed by atoms with Gasteiger partial charge in [0.2, 0.25) is 0 Å². The molecule has 0 saturated heterocycles. The standard InChI is InChI=1S/C14H16FN5/c15-12-7-10(16)5-6-11(12)14-17-18-19-20(14)13(8-1-2-8)9-3-4-9/h5-9,13H,1-4,16H2. The third-order valence-corrected chi connectivity index (χ3v) is 4.22. The number of halogens is 1. The molecule has 104 valence electrons. The molecule has 2 fully saturated rings. The zero-order chi connectivity index (χ0) is 13.7. The van der Waals surface area contributed by atoms with Crippen molar-refractivity contribution in [1.29, 1.82) is 0 Å². The molecule has 1 aromatic carbocycles. The Morgan fingerprint density at radius 2 is 1.90 bits per heavy atom. The summed E-state index contributed by atoms with van der Waals surface area (Å²) in [5.41, 5.74) is 6.43. The lowest BCUT2D eigenvalue weighted by Crippen LogP contribution is -2.16. The van der Waals surface area contributed by atoms with Gasteiger partial charge in [-0.1, -0.05) is 0 Å². The van der Waals surface area contributed by atoms with E-state index in [4.69, 9.17) is 5.73 Å². The summed E-state index contributed by atoms with van der Waals surface area (Å²) in [7, 11) is 0. The Bertz CT molecular complexity index is 633. The normalized spacial score (nSPS) is 18.7. The molecule has 4 rings (SSSR count). The fourth-order valence-corrected chi connectivity index (χ4v) is 2.94. The maximum atomic E-state index is 14.1. The number of hydrogen-bond donors (Lipinski definition) is 1. The lowest BCUT2D eigenvalue weighted by atomic mass is 10.1. The van der Waals surface area contributed by atoms with Crippen molar-refractivity contribution in [2.75, 3.05) is 5.73 Å². The molecule has 5 nitrogen and oxygen atoms in total. The van der Waals surface area contributed by atoms with Crippen LogP contribution in [-0.2, 0) is 0 Å². The van der Waals surface area contributed by atoms with Crippen molar-refractivity contribution >= 4 is 5.69 Å². The molecule has 0 bridgehead atoms. The van der Waals surface area contributed by atoms with Crippen LogP contribution in [0.25, 0.3) is 11.4 Å². The van der Waals surface area contributed by atoms with Gasteiger partial charge in [0.1, 0.15) is 5.82 Å². The third kappa shape index (κ3) is 1.95. The molecule has 0 unspecified atom stereocenters. The zero-order valence-corrected chi connectivity index (χ0v) is 11.0. The van der Waals surface area contributed by atoms with Crippen LogP contribution < -0.4 is 5.73 Å². The highest BCUT2D eigenvalue weighted by molar-refractivity contribution is 5.59. The quantitative estimate of drug-likeness (QED) is 0.868. The average molecular weight is 273 g/mol. The van der Waals surface area contributed by atoms with Gasteiger partial charge in [-0.3, -0.25) is 0 Å². The van der Waals surface area contributed by atoms with Crippen molar-refractivity contribution in [1.82, 2.24) is 20.2 Å². The summed E-state index contributed by atoms with van der Waals surface area (Å²) in [5.74, 6) is 1.46. The maximum absolute atomic E-state index is 14.1. The molecule has 0 spiro atoms. The van der Waals surface area contributed by atoms with Crippen molar-refractivity contribution in [3.05, 3.63) is 24.0 Å². The van der Waals surface area contributed by atoms with Crippen LogP contribution in [0.5, 0.6) is 0 Å². The molecular weight excluding hydrogens is 257 g/mol. The second-order valence-corrected chi connectivity index (χ2v) is 5.85. The Morgan fingerprint density at radius 1 is 1.20 bits per heavy atom. The van der Waals surface area contributed by atoms with Gasteiger partial charge < -0.3 is 5.73 Å². The van der Waals surface area contributed by atoms with Gasteiger partial charge in [-0.25, -0.2) is 9.07 Å². The molecule has 0 aliphatic heterocycles. The third-order valence-electron chi connectivity index (χ3n) is 4.22. The van der Waals surface area contributed by atoms with Crippen molar-refractivity contribution in [2.24, 2.45) is 11.8 Å². The van der Waals surface area contributed by atoms with E-state index in [-0.39, 0.29) is 5.82 Å². The van der Waals surface area contributed by atoms with Gasteiger partial charge in [-0.05, 0) is 66.1 Å². The van der Waals surface area contributed by atoms with Crippen molar-refractivity contribution in [2.45, 2.75) is 31.7 Å². The van der Waals surface area contributed by atoms with Gasteiger partial charge in [0.15, 0.2) is 5.82 Å². The molecule has 2 aliphatic carbocycles. The van der Waals surface area contributed by atoms with Crippen LogP contribution in [0.2, 0.25) is 0 Å². The van der Waals surface area contributed by atoms with Crippen LogP contribution in [0.1, 0.15) is 31.7 Å². The molecule has 6 heteroatoms. The minimum absolute atomic E-state index is 0.331. The summed E-state index contributed by atoms with van der Waals surface area (Å²) < 4.78 is 15.9. The highest BCUT2D eigenvalue weighted by Gasteiger charge is 2.44. The van der Waals surface area contributed by atoms with E-state index >= 15 is 0 Å². The molecule has 0 amide bonds. The van der Waals surface area contributed by atoms with E-state index in [1.165, 1.54) is 31.7 Å². The molecule has 1 heterocycles. The lowest BCUT2D eigenvalue weighted by molar-refractivity contribution is 0.356. The molecule has 2 aromatic rings. The minimum Gasteiger partial charge on any atom is -0.399 e. The van der Waals surface area contributed by atoms with E-state index in [2.05, 4.69) is 15.5 Å². The van der Waals surface area contributed by atoms with E-state index in [1.807, 2.05) is 4.68 Å². The van der Waals surface area contributed by atoms with Gasteiger partial charge in [-0.2, -0.15) is 0 Å². The monoisotopic (exact) mass is 273 g/mol. The van der Waals surface area contributed by atoms with Gasteiger partial charge in [0.25, 0.3) is 0 Å². The molecular formula is C14H16FN5. The Labute approximate surface area is 116 Å². The SMILES string of the molecule is Nc1ccc(-c2nnnn2C(C2CC2)C2CC2)c(F)c1. The van der Waals surface area contributed by atoms with Crippen molar-refractivity contribution in [3.63, 3.8) is 0 Å². The number of nitrogens with two attached hydrogens (primary N) is 1. The van der Waals surface area contributed by atoms with Crippen molar-refractivity contribution in [3.8, 4) is 11.4 Å².